The predicted molar refractivity (Wildman–Crippen MR) is 66.6 cm³/mol. The van der Waals surface area contributed by atoms with Crippen LogP contribution in [0.4, 0.5) is 8.78 Å². The molecule has 1 aliphatic rings. The van der Waals surface area contributed by atoms with Gasteiger partial charge in [0.1, 0.15) is 11.6 Å². The summed E-state index contributed by atoms with van der Waals surface area (Å²) in [6.07, 6.45) is 4.43. The van der Waals surface area contributed by atoms with Crippen LogP contribution in [0.5, 0.6) is 0 Å². The molecule has 2 aromatic rings. The maximum absolute atomic E-state index is 13.6. The summed E-state index contributed by atoms with van der Waals surface area (Å²) in [7, 11) is 0. The molecule has 3 nitrogen and oxygen atoms in total. The lowest BCUT2D eigenvalue weighted by Crippen LogP contribution is -2.19. The number of hydrogen-bond donors (Lipinski definition) is 1. The summed E-state index contributed by atoms with van der Waals surface area (Å²) >= 11 is 0. The van der Waals surface area contributed by atoms with E-state index in [4.69, 9.17) is 4.42 Å². The van der Waals surface area contributed by atoms with E-state index in [1.165, 1.54) is 37.2 Å². The maximum Gasteiger partial charge on any atom is 0.196 e. The highest BCUT2D eigenvalue weighted by atomic mass is 19.1. The first-order chi connectivity index (χ1) is 9.24. The Kier molecular flexibility index (Phi) is 3.29. The van der Waals surface area contributed by atoms with Gasteiger partial charge in [-0.3, -0.25) is 0 Å². The lowest BCUT2D eigenvalue weighted by atomic mass is 10.1. The van der Waals surface area contributed by atoms with Gasteiger partial charge in [-0.2, -0.15) is 0 Å². The van der Waals surface area contributed by atoms with Gasteiger partial charge in [-0.1, -0.05) is 6.07 Å². The van der Waals surface area contributed by atoms with Crippen LogP contribution in [0.1, 0.15) is 18.7 Å². The fourth-order valence-electron chi connectivity index (χ4n) is 1.95. The van der Waals surface area contributed by atoms with Crippen molar-refractivity contribution in [1.29, 1.82) is 0 Å². The molecule has 1 heterocycles. The first kappa shape index (κ1) is 12.3. The third-order valence-electron chi connectivity index (χ3n) is 3.11. The monoisotopic (exact) mass is 264 g/mol. The van der Waals surface area contributed by atoms with Crippen LogP contribution >= 0.6 is 0 Å². The zero-order valence-corrected chi connectivity index (χ0v) is 10.3. The van der Waals surface area contributed by atoms with Gasteiger partial charge in [-0.25, -0.2) is 13.8 Å². The van der Waals surface area contributed by atoms with E-state index in [1.54, 1.807) is 0 Å². The number of nitrogens with zero attached hydrogens (tertiary/aromatic N) is 1. The summed E-state index contributed by atoms with van der Waals surface area (Å²) in [5.74, 6) is -0.652. The quantitative estimate of drug-likeness (QED) is 0.902. The van der Waals surface area contributed by atoms with E-state index in [9.17, 15) is 8.78 Å². The number of aromatic nitrogens is 1. The molecule has 1 aromatic heterocycles. The number of rotatable bonds is 5. The minimum atomic E-state index is -0.640. The lowest BCUT2D eigenvalue weighted by Gasteiger charge is -2.01. The summed E-state index contributed by atoms with van der Waals surface area (Å²) in [5.41, 5.74) is -0.156. The van der Waals surface area contributed by atoms with Crippen LogP contribution in [0.2, 0.25) is 0 Å². The summed E-state index contributed by atoms with van der Waals surface area (Å²) in [4.78, 5) is 4.05. The average molecular weight is 264 g/mol. The highest BCUT2D eigenvalue weighted by molar-refractivity contribution is 5.58. The van der Waals surface area contributed by atoms with Gasteiger partial charge in [0.25, 0.3) is 0 Å². The van der Waals surface area contributed by atoms with Crippen molar-refractivity contribution in [3.8, 4) is 11.3 Å². The molecule has 0 amide bonds. The molecule has 1 aromatic carbocycles. The smallest absolute Gasteiger partial charge is 0.196 e. The Morgan fingerprint density at radius 1 is 1.26 bits per heavy atom. The van der Waals surface area contributed by atoms with E-state index >= 15 is 0 Å². The van der Waals surface area contributed by atoms with E-state index in [2.05, 4.69) is 10.3 Å². The van der Waals surface area contributed by atoms with Gasteiger partial charge in [0, 0.05) is 19.0 Å². The van der Waals surface area contributed by atoms with Gasteiger partial charge >= 0.3 is 0 Å². The molecule has 0 saturated heterocycles. The molecule has 0 spiro atoms. The Bertz CT molecular complexity index is 558. The van der Waals surface area contributed by atoms with Crippen LogP contribution in [-0.2, 0) is 6.42 Å². The highest BCUT2D eigenvalue weighted by Crippen LogP contribution is 2.26. The number of nitrogens with one attached hydrogen (secondary N) is 1. The van der Waals surface area contributed by atoms with Gasteiger partial charge in [0.05, 0.1) is 11.8 Å². The van der Waals surface area contributed by atoms with Crippen molar-refractivity contribution in [2.24, 2.45) is 0 Å². The molecule has 5 heteroatoms. The molecule has 0 radical (unpaired) electrons. The predicted octanol–water partition coefficient (Wildman–Crippen LogP) is 2.91. The Hall–Kier alpha value is -1.75. The number of hydrogen-bond acceptors (Lipinski definition) is 3. The van der Waals surface area contributed by atoms with Gasteiger partial charge in [0.2, 0.25) is 0 Å². The number of halogens is 2. The SMILES string of the molecule is Fc1cccc(F)c1-c1cnc(CCNC2CC2)o1. The second-order valence-electron chi connectivity index (χ2n) is 4.69. The fourth-order valence-corrected chi connectivity index (χ4v) is 1.95. The molecule has 100 valence electrons. The van der Waals surface area contributed by atoms with Crippen LogP contribution in [0.3, 0.4) is 0 Å². The highest BCUT2D eigenvalue weighted by Gasteiger charge is 2.20. The molecule has 0 aliphatic heterocycles. The van der Waals surface area contributed by atoms with Gasteiger partial charge in [-0.05, 0) is 25.0 Å². The lowest BCUT2D eigenvalue weighted by molar-refractivity contribution is 0.486. The van der Waals surface area contributed by atoms with Crippen LogP contribution < -0.4 is 5.32 Å². The minimum Gasteiger partial charge on any atom is -0.440 e. The maximum atomic E-state index is 13.6. The normalized spacial score (nSPS) is 14.8. The van der Waals surface area contributed by atoms with Crippen molar-refractivity contribution < 1.29 is 13.2 Å². The standard InChI is InChI=1S/C14H14F2N2O/c15-10-2-1-3-11(16)14(10)12-8-18-13(19-12)6-7-17-9-4-5-9/h1-3,8-9,17H,4-7H2. The molecule has 19 heavy (non-hydrogen) atoms. The zero-order valence-electron chi connectivity index (χ0n) is 10.3. The van der Waals surface area contributed by atoms with Crippen LogP contribution in [-0.4, -0.2) is 17.6 Å². The first-order valence-electron chi connectivity index (χ1n) is 6.36. The largest absolute Gasteiger partial charge is 0.440 e. The van der Waals surface area contributed by atoms with E-state index < -0.39 is 11.6 Å². The fraction of sp³-hybridized carbons (Fsp3) is 0.357. The van der Waals surface area contributed by atoms with Crippen molar-refractivity contribution in [1.82, 2.24) is 10.3 Å². The second-order valence-corrected chi connectivity index (χ2v) is 4.69. The van der Waals surface area contributed by atoms with E-state index in [0.717, 1.165) is 6.54 Å². The third kappa shape index (κ3) is 2.81. The van der Waals surface area contributed by atoms with Gasteiger partial charge in [-0.15, -0.1) is 0 Å². The summed E-state index contributed by atoms with van der Waals surface area (Å²) in [6.45, 7) is 0.768. The Balaban J connectivity index is 1.72. The molecule has 0 unspecified atom stereocenters. The van der Waals surface area contributed by atoms with Crippen molar-refractivity contribution in [3.63, 3.8) is 0 Å². The molecule has 1 N–H and O–H groups in total. The van der Waals surface area contributed by atoms with Crippen molar-refractivity contribution in [2.75, 3.05) is 6.54 Å². The molecule has 0 atom stereocenters. The molecule has 0 bridgehead atoms. The molecule has 3 rings (SSSR count). The van der Waals surface area contributed by atoms with Crippen molar-refractivity contribution >= 4 is 0 Å². The van der Waals surface area contributed by atoms with E-state index in [1.807, 2.05) is 0 Å². The number of oxazole rings is 1. The minimum absolute atomic E-state index is 0.136. The number of benzene rings is 1. The van der Waals surface area contributed by atoms with Crippen molar-refractivity contribution in [2.45, 2.75) is 25.3 Å². The molecular formula is C14H14F2N2O. The molecular weight excluding hydrogens is 250 g/mol. The molecule has 1 saturated carbocycles. The van der Waals surface area contributed by atoms with Gasteiger partial charge in [0.15, 0.2) is 11.7 Å². The Morgan fingerprint density at radius 2 is 2.00 bits per heavy atom. The van der Waals surface area contributed by atoms with Crippen molar-refractivity contribution in [3.05, 3.63) is 41.9 Å². The zero-order chi connectivity index (χ0) is 13.2. The summed E-state index contributed by atoms with van der Waals surface area (Å²) in [6, 6.07) is 4.36. The second kappa shape index (κ2) is 5.09. The Morgan fingerprint density at radius 3 is 2.68 bits per heavy atom. The van der Waals surface area contributed by atoms with Gasteiger partial charge < -0.3 is 9.73 Å². The Labute approximate surface area is 109 Å². The average Bonchev–Trinajstić information content (AvgIpc) is 3.08. The first-order valence-corrected chi connectivity index (χ1v) is 6.36. The van der Waals surface area contributed by atoms with E-state index in [0.29, 0.717) is 18.4 Å². The topological polar surface area (TPSA) is 38.1 Å². The molecule has 1 aliphatic carbocycles. The third-order valence-corrected chi connectivity index (χ3v) is 3.11. The van der Waals surface area contributed by atoms with Crippen LogP contribution in [0.25, 0.3) is 11.3 Å². The summed E-state index contributed by atoms with van der Waals surface area (Å²) in [5, 5.41) is 3.33. The van der Waals surface area contributed by atoms with Crippen LogP contribution in [0.15, 0.2) is 28.8 Å². The molecule has 1 fully saturated rings. The summed E-state index contributed by atoms with van der Waals surface area (Å²) < 4.78 is 32.5. The van der Waals surface area contributed by atoms with Crippen LogP contribution in [0, 0.1) is 11.6 Å². The van der Waals surface area contributed by atoms with E-state index in [-0.39, 0.29) is 11.3 Å².